The van der Waals surface area contributed by atoms with Gasteiger partial charge in [0, 0.05) is 32.1 Å². The van der Waals surface area contributed by atoms with Gasteiger partial charge in [-0.3, -0.25) is 9.36 Å². The number of benzene rings is 1. The van der Waals surface area contributed by atoms with E-state index < -0.39 is 11.7 Å². The highest BCUT2D eigenvalue weighted by molar-refractivity contribution is 6.06. The van der Waals surface area contributed by atoms with E-state index in [9.17, 15) is 9.59 Å². The molecule has 212 valence electrons. The minimum atomic E-state index is -0.735. The molecule has 6 rings (SSSR count). The molecule has 11 nitrogen and oxygen atoms in total. The molecule has 0 unspecified atom stereocenters. The molecule has 12 heteroatoms. The molecular weight excluding hydrogens is 517 g/mol. The van der Waals surface area contributed by atoms with Crippen LogP contribution in [0.25, 0.3) is 5.69 Å². The van der Waals surface area contributed by atoms with Crippen LogP contribution in [-0.4, -0.2) is 63.4 Å². The average molecular weight is 552 g/mol. The highest BCUT2D eigenvalue weighted by atomic mass is 19.1. The molecule has 1 N–H and O–H groups in total. The van der Waals surface area contributed by atoms with Crippen LogP contribution in [-0.2, 0) is 17.7 Å². The molecule has 1 saturated heterocycles. The normalized spacial score (nSPS) is 17.9. The predicted molar refractivity (Wildman–Crippen MR) is 146 cm³/mol. The van der Waals surface area contributed by atoms with Gasteiger partial charge in [-0.15, -0.1) is 15.3 Å². The fraction of sp³-hybridized carbons (Fsp3) is 0.536. The van der Waals surface area contributed by atoms with E-state index in [1.54, 1.807) is 16.7 Å². The number of nitrogens with one attached hydrogen (secondary N) is 1. The molecule has 0 bridgehead atoms. The van der Waals surface area contributed by atoms with E-state index in [-0.39, 0.29) is 28.5 Å². The van der Waals surface area contributed by atoms with Crippen molar-refractivity contribution in [3.63, 3.8) is 0 Å². The summed E-state index contributed by atoms with van der Waals surface area (Å²) in [5.41, 5.74) is -0.399. The van der Waals surface area contributed by atoms with Gasteiger partial charge in [0.2, 0.25) is 0 Å². The summed E-state index contributed by atoms with van der Waals surface area (Å²) in [6.45, 7) is 3.66. The monoisotopic (exact) mass is 551 g/mol. The molecule has 40 heavy (non-hydrogen) atoms. The standard InChI is InChI=1S/C28H34FN7O4/c29-21-16-20(27(37)30-24-9-10-25(32-31-24)34-12-14-39-15-13-34)23(40-18-19-6-2-1-3-7-19)17-22(21)36-28(38)35-11-5-4-8-26(35)33-36/h9-10,16-17,19H,1-8,11-15,18H2,(H,30,31,37). The SMILES string of the molecule is O=C(Nc1ccc(N2CCOCC2)nn1)c1cc(F)c(-n2nc3n(c2=O)CCCC3)cc1OCC1CCCCC1. The molecule has 3 aliphatic rings. The predicted octanol–water partition coefficient (Wildman–Crippen LogP) is 3.35. The number of carbonyl (C=O) groups is 1. The van der Waals surface area contributed by atoms with Crippen LogP contribution in [0.15, 0.2) is 29.1 Å². The van der Waals surface area contributed by atoms with Gasteiger partial charge in [0.1, 0.15) is 23.1 Å². The van der Waals surface area contributed by atoms with E-state index in [0.717, 1.165) is 62.4 Å². The first kappa shape index (κ1) is 26.4. The summed E-state index contributed by atoms with van der Waals surface area (Å²) in [6, 6.07) is 5.98. The van der Waals surface area contributed by atoms with Gasteiger partial charge in [-0.1, -0.05) is 19.3 Å². The Morgan fingerprint density at radius 2 is 1.88 bits per heavy atom. The maximum absolute atomic E-state index is 15.5. The minimum Gasteiger partial charge on any atom is -0.492 e. The molecule has 0 spiro atoms. The molecule has 1 aliphatic carbocycles. The van der Waals surface area contributed by atoms with Crippen molar-refractivity contribution in [1.29, 1.82) is 0 Å². The first-order valence-electron chi connectivity index (χ1n) is 14.2. The number of carbonyl (C=O) groups excluding carboxylic acids is 1. The van der Waals surface area contributed by atoms with Gasteiger partial charge < -0.3 is 19.7 Å². The largest absolute Gasteiger partial charge is 0.492 e. The molecule has 2 aromatic heterocycles. The number of hydrogen-bond donors (Lipinski definition) is 1. The highest BCUT2D eigenvalue weighted by Crippen LogP contribution is 2.29. The van der Waals surface area contributed by atoms with Crippen molar-refractivity contribution >= 4 is 17.5 Å². The lowest BCUT2D eigenvalue weighted by Crippen LogP contribution is -2.36. The van der Waals surface area contributed by atoms with Crippen molar-refractivity contribution in [2.75, 3.05) is 43.1 Å². The lowest BCUT2D eigenvalue weighted by atomic mass is 9.90. The van der Waals surface area contributed by atoms with Crippen molar-refractivity contribution in [1.82, 2.24) is 24.5 Å². The van der Waals surface area contributed by atoms with Crippen LogP contribution < -0.4 is 20.6 Å². The third-order valence-electron chi connectivity index (χ3n) is 7.92. The van der Waals surface area contributed by atoms with Crippen molar-refractivity contribution in [2.24, 2.45) is 5.92 Å². The summed E-state index contributed by atoms with van der Waals surface area (Å²) in [5, 5.41) is 15.5. The summed E-state index contributed by atoms with van der Waals surface area (Å²) in [7, 11) is 0. The number of halogens is 1. The maximum atomic E-state index is 15.5. The zero-order valence-corrected chi connectivity index (χ0v) is 22.5. The second-order valence-corrected chi connectivity index (χ2v) is 10.7. The van der Waals surface area contributed by atoms with E-state index in [1.807, 2.05) is 0 Å². The van der Waals surface area contributed by atoms with Gasteiger partial charge in [-0.25, -0.2) is 9.18 Å². The molecular formula is C28H34FN7O4. The summed E-state index contributed by atoms with van der Waals surface area (Å²) >= 11 is 0. The molecule has 0 radical (unpaired) electrons. The third-order valence-corrected chi connectivity index (χ3v) is 7.92. The summed E-state index contributed by atoms with van der Waals surface area (Å²) in [5.74, 6) is 0.829. The lowest BCUT2D eigenvalue weighted by molar-refractivity contribution is 0.102. The molecule has 1 saturated carbocycles. The van der Waals surface area contributed by atoms with E-state index >= 15 is 4.39 Å². The second-order valence-electron chi connectivity index (χ2n) is 10.7. The number of anilines is 2. The second kappa shape index (κ2) is 11.7. The van der Waals surface area contributed by atoms with Crippen LogP contribution in [0, 0.1) is 11.7 Å². The number of aryl methyl sites for hydroxylation is 1. The molecule has 2 aliphatic heterocycles. The summed E-state index contributed by atoms with van der Waals surface area (Å²) in [6.07, 6.45) is 8.08. The number of rotatable bonds is 7. The number of ether oxygens (including phenoxy) is 2. The Morgan fingerprint density at radius 3 is 2.62 bits per heavy atom. The molecule has 1 aromatic carbocycles. The van der Waals surface area contributed by atoms with Crippen LogP contribution >= 0.6 is 0 Å². The first-order valence-corrected chi connectivity index (χ1v) is 14.2. The van der Waals surface area contributed by atoms with E-state index in [4.69, 9.17) is 9.47 Å². The number of aromatic nitrogens is 5. The molecule has 4 heterocycles. The Balaban J connectivity index is 1.27. The molecule has 1 amide bonds. The zero-order chi connectivity index (χ0) is 27.5. The Bertz CT molecular complexity index is 1410. The van der Waals surface area contributed by atoms with Crippen molar-refractivity contribution in [3.8, 4) is 11.4 Å². The number of nitrogens with zero attached hydrogens (tertiary/aromatic N) is 6. The van der Waals surface area contributed by atoms with E-state index in [0.29, 0.717) is 50.3 Å². The maximum Gasteiger partial charge on any atom is 0.350 e. The van der Waals surface area contributed by atoms with Crippen molar-refractivity contribution < 1.29 is 18.7 Å². The fourth-order valence-electron chi connectivity index (χ4n) is 5.66. The minimum absolute atomic E-state index is 0.0214. The Hall–Kier alpha value is -3.80. The quantitative estimate of drug-likeness (QED) is 0.475. The number of morpholine rings is 1. The van der Waals surface area contributed by atoms with E-state index in [1.165, 1.54) is 12.5 Å². The third kappa shape index (κ3) is 5.58. The highest BCUT2D eigenvalue weighted by Gasteiger charge is 2.25. The van der Waals surface area contributed by atoms with Gasteiger partial charge in [-0.2, -0.15) is 4.68 Å². The first-order chi connectivity index (χ1) is 19.6. The Morgan fingerprint density at radius 1 is 1.05 bits per heavy atom. The fourth-order valence-corrected chi connectivity index (χ4v) is 5.66. The van der Waals surface area contributed by atoms with Crippen molar-refractivity contribution in [2.45, 2.75) is 57.9 Å². The van der Waals surface area contributed by atoms with Crippen LogP contribution in [0.3, 0.4) is 0 Å². The Kier molecular flexibility index (Phi) is 7.76. The molecule has 3 aromatic rings. The Labute approximate surface area is 231 Å². The van der Waals surface area contributed by atoms with E-state index in [2.05, 4.69) is 25.5 Å². The lowest BCUT2D eigenvalue weighted by Gasteiger charge is -2.27. The van der Waals surface area contributed by atoms with Gasteiger partial charge in [0.05, 0.1) is 25.4 Å². The smallest absolute Gasteiger partial charge is 0.350 e. The number of fused-ring (bicyclic) bond motifs is 1. The molecule has 2 fully saturated rings. The van der Waals surface area contributed by atoms with Gasteiger partial charge in [-0.05, 0) is 49.8 Å². The topological polar surface area (TPSA) is 116 Å². The van der Waals surface area contributed by atoms with Gasteiger partial charge in [0.15, 0.2) is 11.6 Å². The van der Waals surface area contributed by atoms with Crippen molar-refractivity contribution in [3.05, 3.63) is 52.0 Å². The summed E-state index contributed by atoms with van der Waals surface area (Å²) < 4.78 is 29.7. The van der Waals surface area contributed by atoms with Crippen LogP contribution in [0.4, 0.5) is 16.0 Å². The van der Waals surface area contributed by atoms with Gasteiger partial charge >= 0.3 is 5.69 Å². The number of hydrogen-bond acceptors (Lipinski definition) is 8. The van der Waals surface area contributed by atoms with Crippen LogP contribution in [0.2, 0.25) is 0 Å². The molecule has 0 atom stereocenters. The number of amides is 1. The van der Waals surface area contributed by atoms with Gasteiger partial charge in [0.25, 0.3) is 5.91 Å². The summed E-state index contributed by atoms with van der Waals surface area (Å²) in [4.78, 5) is 28.5. The average Bonchev–Trinajstić information content (AvgIpc) is 3.33. The zero-order valence-electron chi connectivity index (χ0n) is 22.5. The van der Waals surface area contributed by atoms with Crippen LogP contribution in [0.5, 0.6) is 5.75 Å². The van der Waals surface area contributed by atoms with Crippen LogP contribution in [0.1, 0.15) is 61.1 Å².